The van der Waals surface area contributed by atoms with Crippen molar-refractivity contribution in [2.75, 3.05) is 36.9 Å². The fourth-order valence-corrected chi connectivity index (χ4v) is 4.41. The molecule has 3 N–H and O–H groups in total. The van der Waals surface area contributed by atoms with Crippen molar-refractivity contribution < 1.29 is 23.4 Å². The summed E-state index contributed by atoms with van der Waals surface area (Å²) in [5.74, 6) is 0.904. The fourth-order valence-electron chi connectivity index (χ4n) is 4.23. The summed E-state index contributed by atoms with van der Waals surface area (Å²) < 4.78 is 29.9. The van der Waals surface area contributed by atoms with E-state index < -0.39 is 5.82 Å². The van der Waals surface area contributed by atoms with Gasteiger partial charge in [0.05, 0.1) is 29.4 Å². The maximum atomic E-state index is 13.6. The van der Waals surface area contributed by atoms with Gasteiger partial charge in [-0.25, -0.2) is 14.4 Å². The summed E-state index contributed by atoms with van der Waals surface area (Å²) in [4.78, 5) is 18.5. The molecular weight excluding hydrogens is 525 g/mol. The first-order valence-corrected chi connectivity index (χ1v) is 13.4. The molecular formula is C28H35ClFN5O4. The van der Waals surface area contributed by atoms with Crippen LogP contribution in [0.4, 0.5) is 21.6 Å². The highest BCUT2D eigenvalue weighted by atomic mass is 35.5. The molecule has 9 nitrogen and oxygen atoms in total. The van der Waals surface area contributed by atoms with Gasteiger partial charge in [-0.3, -0.25) is 4.79 Å². The zero-order valence-corrected chi connectivity index (χ0v) is 23.2. The van der Waals surface area contributed by atoms with Crippen LogP contribution in [0.5, 0.6) is 5.75 Å². The number of nitrogens with zero attached hydrogens (tertiary/aromatic N) is 2. The highest BCUT2D eigenvalue weighted by Gasteiger charge is 2.22. The van der Waals surface area contributed by atoms with Crippen LogP contribution in [0.15, 0.2) is 36.7 Å². The Hall–Kier alpha value is -3.21. The van der Waals surface area contributed by atoms with Gasteiger partial charge in [-0.05, 0) is 64.4 Å². The van der Waals surface area contributed by atoms with Crippen LogP contribution in [0.1, 0.15) is 40.0 Å². The average molecular weight is 560 g/mol. The number of fused-ring (bicyclic) bond motifs is 1. The zero-order chi connectivity index (χ0) is 27.8. The number of hydrogen-bond acceptors (Lipinski definition) is 9. The lowest BCUT2D eigenvalue weighted by Crippen LogP contribution is -2.38. The second-order valence-electron chi connectivity index (χ2n) is 10.5. The van der Waals surface area contributed by atoms with E-state index in [-0.39, 0.29) is 16.7 Å². The molecule has 210 valence electrons. The maximum absolute atomic E-state index is 13.6. The summed E-state index contributed by atoms with van der Waals surface area (Å²) in [6.07, 6.45) is 4.60. The van der Waals surface area contributed by atoms with E-state index in [4.69, 9.17) is 21.1 Å². The minimum atomic E-state index is -0.463. The molecule has 11 heteroatoms. The molecule has 2 atom stereocenters. The number of carbonyl (C=O) groups excluding carboxylic acids is 1. The summed E-state index contributed by atoms with van der Waals surface area (Å²) in [6, 6.07) is 8.75. The molecule has 2 saturated heterocycles. The second-order valence-corrected chi connectivity index (χ2v) is 10.9. The van der Waals surface area contributed by atoms with Crippen molar-refractivity contribution >= 4 is 46.2 Å². The minimum absolute atomic E-state index is 0.0262. The molecule has 39 heavy (non-hydrogen) atoms. The van der Waals surface area contributed by atoms with Crippen molar-refractivity contribution in [1.29, 1.82) is 0 Å². The number of piperidine rings is 1. The topological polar surface area (TPSA) is 107 Å². The Labute approximate surface area is 232 Å². The van der Waals surface area contributed by atoms with Gasteiger partial charge >= 0.3 is 0 Å². The lowest BCUT2D eigenvalue weighted by Gasteiger charge is -2.27. The lowest BCUT2D eigenvalue weighted by molar-refractivity contribution is -0.138. The van der Waals surface area contributed by atoms with Gasteiger partial charge in [-0.2, -0.15) is 0 Å². The maximum Gasteiger partial charge on any atom is 0.293 e. The Morgan fingerprint density at radius 3 is 2.69 bits per heavy atom. The average Bonchev–Trinajstić information content (AvgIpc) is 3.40. The Morgan fingerprint density at radius 1 is 1.21 bits per heavy atom. The molecule has 3 heterocycles. The van der Waals surface area contributed by atoms with Gasteiger partial charge in [0.1, 0.15) is 35.4 Å². The molecule has 2 unspecified atom stereocenters. The van der Waals surface area contributed by atoms with Crippen molar-refractivity contribution in [3.8, 4) is 5.75 Å². The molecule has 1 aromatic heterocycles. The lowest BCUT2D eigenvalue weighted by atomic mass is 10.1. The van der Waals surface area contributed by atoms with Gasteiger partial charge in [-0.15, -0.1) is 0 Å². The molecule has 0 bridgehead atoms. The first-order chi connectivity index (χ1) is 18.7. The van der Waals surface area contributed by atoms with E-state index in [1.54, 1.807) is 6.07 Å². The first-order valence-electron chi connectivity index (χ1n) is 13.1. The third kappa shape index (κ3) is 8.39. The van der Waals surface area contributed by atoms with E-state index in [0.29, 0.717) is 37.2 Å². The van der Waals surface area contributed by atoms with E-state index in [0.717, 1.165) is 54.7 Å². The van der Waals surface area contributed by atoms with E-state index in [2.05, 4.69) is 30.7 Å². The number of anilines is 3. The largest absolute Gasteiger partial charge is 0.486 e. The third-order valence-corrected chi connectivity index (χ3v) is 6.45. The Bertz CT molecular complexity index is 1260. The number of rotatable bonds is 7. The molecule has 0 saturated carbocycles. The summed E-state index contributed by atoms with van der Waals surface area (Å²) >= 11 is 5.94. The number of hydrogen-bond donors (Lipinski definition) is 3. The standard InChI is InChI=1S/C23H25ClFN5O2.C5H10O2/c24-18-8-14(3-4-19(18)25)30-23-17-9-21(29-15-2-1-6-26-11-15)22(10-20(17)27-13-28-23)32-16-5-7-31-12-16;1-5(2,3)7-4-6/h3-4,8-10,13,15-16,26,29H,1-2,5-7,11-12H2,(H,27,28,30);4H,1-3H3. The van der Waals surface area contributed by atoms with Crippen molar-refractivity contribution in [2.24, 2.45) is 0 Å². The third-order valence-electron chi connectivity index (χ3n) is 6.16. The van der Waals surface area contributed by atoms with Gasteiger partial charge in [0.15, 0.2) is 0 Å². The monoisotopic (exact) mass is 559 g/mol. The van der Waals surface area contributed by atoms with Crippen LogP contribution in [0.3, 0.4) is 0 Å². The van der Waals surface area contributed by atoms with Crippen LogP contribution in [0.25, 0.3) is 10.9 Å². The van der Waals surface area contributed by atoms with Crippen LogP contribution < -0.4 is 20.7 Å². The molecule has 2 fully saturated rings. The number of ether oxygens (including phenoxy) is 3. The number of carbonyl (C=O) groups is 1. The van der Waals surface area contributed by atoms with Crippen molar-refractivity contribution in [2.45, 2.75) is 57.8 Å². The second kappa shape index (κ2) is 13.2. The predicted molar refractivity (Wildman–Crippen MR) is 150 cm³/mol. The van der Waals surface area contributed by atoms with Gasteiger partial charge in [0.2, 0.25) is 0 Å². The van der Waals surface area contributed by atoms with Crippen LogP contribution >= 0.6 is 11.6 Å². The molecule has 0 radical (unpaired) electrons. The molecule has 3 aromatic rings. The number of nitrogens with one attached hydrogen (secondary N) is 3. The summed E-state index contributed by atoms with van der Waals surface area (Å²) in [5, 5.41) is 11.2. The van der Waals surface area contributed by atoms with Gasteiger partial charge in [0, 0.05) is 36.1 Å². The first kappa shape index (κ1) is 28.8. The van der Waals surface area contributed by atoms with Crippen molar-refractivity contribution in [3.05, 3.63) is 47.5 Å². The van der Waals surface area contributed by atoms with E-state index >= 15 is 0 Å². The molecule has 2 aromatic carbocycles. The quantitative estimate of drug-likeness (QED) is 0.325. The number of benzene rings is 2. The van der Waals surface area contributed by atoms with Crippen molar-refractivity contribution in [1.82, 2.24) is 15.3 Å². The predicted octanol–water partition coefficient (Wildman–Crippen LogP) is 5.46. The van der Waals surface area contributed by atoms with Crippen molar-refractivity contribution in [3.63, 3.8) is 0 Å². The van der Waals surface area contributed by atoms with Crippen LogP contribution in [-0.2, 0) is 14.3 Å². The summed E-state index contributed by atoms with van der Waals surface area (Å²) in [5.41, 5.74) is 1.97. The molecule has 2 aliphatic heterocycles. The van der Waals surface area contributed by atoms with Crippen LogP contribution in [-0.4, -0.2) is 60.5 Å². The highest BCUT2D eigenvalue weighted by Crippen LogP contribution is 2.35. The van der Waals surface area contributed by atoms with Gasteiger partial charge in [-0.1, -0.05) is 11.6 Å². The molecule has 5 rings (SSSR count). The number of aromatic nitrogens is 2. The molecule has 0 aliphatic carbocycles. The normalized spacial score (nSPS) is 19.1. The van der Waals surface area contributed by atoms with Gasteiger partial charge in [0.25, 0.3) is 6.47 Å². The van der Waals surface area contributed by atoms with Crippen LogP contribution in [0.2, 0.25) is 5.02 Å². The number of halogens is 2. The van der Waals surface area contributed by atoms with Gasteiger partial charge < -0.3 is 30.2 Å². The minimum Gasteiger partial charge on any atom is -0.486 e. The summed E-state index contributed by atoms with van der Waals surface area (Å²) in [6.45, 7) is 9.16. The summed E-state index contributed by atoms with van der Waals surface area (Å²) in [7, 11) is 0. The van der Waals surface area contributed by atoms with E-state index in [1.165, 1.54) is 18.5 Å². The van der Waals surface area contributed by atoms with Crippen LogP contribution in [0, 0.1) is 5.82 Å². The SMILES string of the molecule is CC(C)(C)OC=O.Fc1ccc(Nc2ncnc3cc(OC4CCOC4)c(NC4CCCNC4)cc23)cc1Cl. The highest BCUT2D eigenvalue weighted by molar-refractivity contribution is 6.31. The van der Waals surface area contributed by atoms with E-state index in [1.807, 2.05) is 32.9 Å². The van der Waals surface area contributed by atoms with E-state index in [9.17, 15) is 9.18 Å². The Morgan fingerprint density at radius 2 is 2.05 bits per heavy atom. The molecule has 0 amide bonds. The molecule has 0 spiro atoms. The zero-order valence-electron chi connectivity index (χ0n) is 22.4. The molecule has 2 aliphatic rings. The smallest absolute Gasteiger partial charge is 0.293 e. The fraction of sp³-hybridized carbons (Fsp3) is 0.464. The Kier molecular flexibility index (Phi) is 9.77. The Balaban J connectivity index is 0.000000448.